The minimum absolute atomic E-state index is 0.408. The number of hydrogen-bond acceptors (Lipinski definition) is 7. The highest BCUT2D eigenvalue weighted by atomic mass is 35.5. The largest absolute Gasteiger partial charge is 0.468 e. The lowest BCUT2D eigenvalue weighted by atomic mass is 10.1. The molecule has 8 nitrogen and oxygen atoms in total. The van der Waals surface area contributed by atoms with Crippen molar-refractivity contribution < 1.29 is 26.6 Å². The Labute approximate surface area is 163 Å². The molecule has 3 heterocycles. The quantitative estimate of drug-likeness (QED) is 0.727. The fourth-order valence-electron chi connectivity index (χ4n) is 2.75. The topological polar surface area (TPSA) is 102 Å². The Hall–Kier alpha value is -2.21. The zero-order chi connectivity index (χ0) is 20.5. The van der Waals surface area contributed by atoms with E-state index in [9.17, 15) is 22.2 Å². The second-order valence-corrected chi connectivity index (χ2v) is 9.19. The van der Waals surface area contributed by atoms with E-state index < -0.39 is 38.6 Å². The third-order valence-electron chi connectivity index (χ3n) is 4.18. The second-order valence-electron chi connectivity index (χ2n) is 6.18. The van der Waals surface area contributed by atoms with E-state index in [0.29, 0.717) is 43.2 Å². The molecule has 1 aliphatic rings. The van der Waals surface area contributed by atoms with Gasteiger partial charge in [-0.2, -0.15) is 17.5 Å². The Morgan fingerprint density at radius 3 is 2.46 bits per heavy atom. The molecular formula is C15H15ClF3N5O3S. The van der Waals surface area contributed by atoms with Gasteiger partial charge in [-0.25, -0.2) is 19.2 Å². The van der Waals surface area contributed by atoms with Crippen LogP contribution in [0.5, 0.6) is 0 Å². The van der Waals surface area contributed by atoms with Gasteiger partial charge in [0, 0.05) is 24.6 Å². The molecule has 0 N–H and O–H groups in total. The lowest BCUT2D eigenvalue weighted by Crippen LogP contribution is -2.40. The van der Waals surface area contributed by atoms with E-state index in [1.165, 1.54) is 18.6 Å². The summed E-state index contributed by atoms with van der Waals surface area (Å²) in [5.74, 6) is -2.17. The molecule has 0 aromatic carbocycles. The van der Waals surface area contributed by atoms with Crippen molar-refractivity contribution >= 4 is 33.2 Å². The molecule has 0 aliphatic carbocycles. The van der Waals surface area contributed by atoms with Gasteiger partial charge in [-0.05, 0) is 12.8 Å². The predicted molar refractivity (Wildman–Crippen MR) is 94.6 cm³/mol. The van der Waals surface area contributed by atoms with Crippen LogP contribution in [0.3, 0.4) is 0 Å². The van der Waals surface area contributed by atoms with Crippen molar-refractivity contribution in [1.29, 1.82) is 0 Å². The molecule has 1 fully saturated rings. The smallest absolute Gasteiger partial charge is 0.441 e. The van der Waals surface area contributed by atoms with E-state index in [-0.39, 0.29) is 0 Å². The fraction of sp³-hybridized carbons (Fsp3) is 0.467. The summed E-state index contributed by atoms with van der Waals surface area (Å²) in [6.45, 7) is 0.978. The number of rotatable bonds is 3. The van der Waals surface area contributed by atoms with Crippen LogP contribution in [0.2, 0.25) is 5.02 Å². The first-order valence-corrected chi connectivity index (χ1v) is 10.4. The number of alkyl halides is 3. The average Bonchev–Trinajstić information content (AvgIpc) is 3.13. The van der Waals surface area contributed by atoms with Crippen molar-refractivity contribution in [3.63, 3.8) is 0 Å². The minimum atomic E-state index is -4.82. The maximum absolute atomic E-state index is 12.9. The molecule has 1 atom stereocenters. The Kier molecular flexibility index (Phi) is 5.62. The monoisotopic (exact) mass is 437 g/mol. The molecule has 1 amide bonds. The minimum Gasteiger partial charge on any atom is -0.441 e. The zero-order valence-electron chi connectivity index (χ0n) is 14.5. The molecule has 2 aromatic rings. The number of hydrogen-bond donors (Lipinski definition) is 0. The summed E-state index contributed by atoms with van der Waals surface area (Å²) >= 11 is 5.76. The number of carbonyl (C=O) groups excluding carboxylic acids is 1. The standard InChI is InChI=1S/C15H15ClF3N5O3S/c1-28(26,23-12(25)11-8-27-13(22-11)15(17,18)19)10-2-4-24(5-3-10)14-20-6-9(16)7-21-14/h6-8,10H,2-5H2,1H3. The number of aromatic nitrogens is 3. The summed E-state index contributed by atoms with van der Waals surface area (Å²) in [5.41, 5.74) is -0.631. The van der Waals surface area contributed by atoms with Crippen molar-refractivity contribution in [2.45, 2.75) is 24.3 Å². The number of amides is 1. The lowest BCUT2D eigenvalue weighted by molar-refractivity contribution is -0.157. The van der Waals surface area contributed by atoms with Crippen LogP contribution in [0.25, 0.3) is 0 Å². The first kappa shape index (κ1) is 20.5. The molecule has 1 aliphatic heterocycles. The summed E-state index contributed by atoms with van der Waals surface area (Å²) in [7, 11) is -3.00. The van der Waals surface area contributed by atoms with Gasteiger partial charge in [0.2, 0.25) is 5.95 Å². The molecule has 0 radical (unpaired) electrons. The van der Waals surface area contributed by atoms with E-state index >= 15 is 0 Å². The number of nitrogens with zero attached hydrogens (tertiary/aromatic N) is 5. The predicted octanol–water partition coefficient (Wildman–Crippen LogP) is 3.04. The third kappa shape index (κ3) is 4.61. The molecule has 13 heteroatoms. The molecule has 152 valence electrons. The molecule has 28 heavy (non-hydrogen) atoms. The summed E-state index contributed by atoms with van der Waals surface area (Å²) in [4.78, 5) is 25.3. The number of oxazole rings is 1. The summed E-state index contributed by atoms with van der Waals surface area (Å²) in [5, 5.41) is 0.00282. The fourth-order valence-corrected chi connectivity index (χ4v) is 4.50. The van der Waals surface area contributed by atoms with Crippen LogP contribution in [0, 0.1) is 0 Å². The van der Waals surface area contributed by atoms with Crippen LogP contribution in [0.1, 0.15) is 29.2 Å². The Morgan fingerprint density at radius 1 is 1.32 bits per heavy atom. The van der Waals surface area contributed by atoms with Gasteiger partial charge in [0.1, 0.15) is 6.26 Å². The van der Waals surface area contributed by atoms with Gasteiger partial charge in [0.25, 0.3) is 0 Å². The average molecular weight is 438 g/mol. The Balaban J connectivity index is 1.69. The lowest BCUT2D eigenvalue weighted by Gasteiger charge is -2.32. The summed E-state index contributed by atoms with van der Waals surface area (Å²) in [6.07, 6.45) is 0.900. The Bertz CT molecular complexity index is 978. The van der Waals surface area contributed by atoms with Crippen LogP contribution in [0.4, 0.5) is 19.1 Å². The maximum atomic E-state index is 12.9. The van der Waals surface area contributed by atoms with Gasteiger partial charge >= 0.3 is 18.0 Å². The molecule has 3 rings (SSSR count). The number of halogens is 4. The third-order valence-corrected chi connectivity index (χ3v) is 6.61. The van der Waals surface area contributed by atoms with Crippen LogP contribution in [0.15, 0.2) is 27.4 Å². The van der Waals surface area contributed by atoms with Crippen molar-refractivity contribution in [3.05, 3.63) is 35.3 Å². The summed E-state index contributed by atoms with van der Waals surface area (Å²) < 4.78 is 58.3. The van der Waals surface area contributed by atoms with Crippen LogP contribution < -0.4 is 4.90 Å². The molecule has 1 unspecified atom stereocenters. The first-order chi connectivity index (χ1) is 13.1. The van der Waals surface area contributed by atoms with Gasteiger partial charge in [-0.1, -0.05) is 11.6 Å². The molecular weight excluding hydrogens is 423 g/mol. The van der Waals surface area contributed by atoms with Crippen LogP contribution in [-0.2, 0) is 15.9 Å². The SMILES string of the molecule is CS(=O)(=NC(=O)c1coc(C(F)(F)F)n1)C1CCN(c2ncc(Cl)cn2)CC1. The number of carbonyl (C=O) groups is 1. The van der Waals surface area contributed by atoms with E-state index in [0.717, 1.165) is 0 Å². The van der Waals surface area contributed by atoms with Gasteiger partial charge in [0.15, 0.2) is 5.69 Å². The Morgan fingerprint density at radius 2 is 1.93 bits per heavy atom. The van der Waals surface area contributed by atoms with Gasteiger partial charge in [-0.3, -0.25) is 4.79 Å². The first-order valence-electron chi connectivity index (χ1n) is 8.07. The molecule has 0 saturated carbocycles. The van der Waals surface area contributed by atoms with Gasteiger partial charge in [0.05, 0.1) is 27.1 Å². The van der Waals surface area contributed by atoms with Crippen molar-refractivity contribution in [2.24, 2.45) is 4.36 Å². The van der Waals surface area contributed by atoms with E-state index in [4.69, 9.17) is 11.6 Å². The van der Waals surface area contributed by atoms with E-state index in [1.807, 2.05) is 4.90 Å². The molecule has 0 spiro atoms. The molecule has 1 saturated heterocycles. The molecule has 0 bridgehead atoms. The highest BCUT2D eigenvalue weighted by molar-refractivity contribution is 7.93. The zero-order valence-corrected chi connectivity index (χ0v) is 16.1. The van der Waals surface area contributed by atoms with Crippen molar-refractivity contribution in [2.75, 3.05) is 24.2 Å². The van der Waals surface area contributed by atoms with Crippen LogP contribution >= 0.6 is 11.6 Å². The number of anilines is 1. The van der Waals surface area contributed by atoms with E-state index in [2.05, 4.69) is 23.7 Å². The van der Waals surface area contributed by atoms with Crippen molar-refractivity contribution in [1.82, 2.24) is 15.0 Å². The second kappa shape index (κ2) is 7.66. The highest BCUT2D eigenvalue weighted by Crippen LogP contribution is 2.28. The van der Waals surface area contributed by atoms with Gasteiger partial charge in [-0.15, -0.1) is 0 Å². The highest BCUT2D eigenvalue weighted by Gasteiger charge is 2.38. The molecule has 2 aromatic heterocycles. The van der Waals surface area contributed by atoms with E-state index in [1.54, 1.807) is 0 Å². The number of piperidine rings is 1. The van der Waals surface area contributed by atoms with Crippen molar-refractivity contribution in [3.8, 4) is 0 Å². The maximum Gasteiger partial charge on any atom is 0.468 e. The van der Waals surface area contributed by atoms with Crippen LogP contribution in [-0.4, -0.2) is 49.7 Å². The summed E-state index contributed by atoms with van der Waals surface area (Å²) in [6, 6.07) is 0. The normalized spacial score (nSPS) is 18.0. The van der Waals surface area contributed by atoms with Gasteiger partial charge < -0.3 is 9.32 Å².